The van der Waals surface area contributed by atoms with Gasteiger partial charge in [0.2, 0.25) is 0 Å². The van der Waals surface area contributed by atoms with Crippen molar-refractivity contribution in [1.29, 1.82) is 0 Å². The smallest absolute Gasteiger partial charge is 0.321 e. The first-order valence-electron chi connectivity index (χ1n) is 5.07. The molecule has 5 nitrogen and oxygen atoms in total. The predicted octanol–water partition coefficient (Wildman–Crippen LogP) is 2.62. The first-order valence-corrected chi connectivity index (χ1v) is 5.88. The highest BCUT2D eigenvalue weighted by molar-refractivity contribution is 7.11. The van der Waals surface area contributed by atoms with Gasteiger partial charge in [0.05, 0.1) is 16.7 Å². The molecule has 1 N–H and O–H groups in total. The van der Waals surface area contributed by atoms with Gasteiger partial charge in [0.25, 0.3) is 0 Å². The van der Waals surface area contributed by atoms with E-state index in [9.17, 15) is 0 Å². The first kappa shape index (κ1) is 11.1. The summed E-state index contributed by atoms with van der Waals surface area (Å²) in [6.45, 7) is 7.86. The molecule has 2 aromatic heterocycles. The van der Waals surface area contributed by atoms with E-state index in [1.165, 1.54) is 4.88 Å². The van der Waals surface area contributed by atoms with Crippen LogP contribution in [-0.4, -0.2) is 15.1 Å². The van der Waals surface area contributed by atoms with Gasteiger partial charge >= 0.3 is 6.01 Å². The summed E-state index contributed by atoms with van der Waals surface area (Å²) >= 11 is 1.69. The Labute approximate surface area is 97.9 Å². The van der Waals surface area contributed by atoms with Gasteiger partial charge in [0.15, 0.2) is 5.82 Å². The average Bonchev–Trinajstić information content (AvgIpc) is 2.73. The summed E-state index contributed by atoms with van der Waals surface area (Å²) in [7, 11) is 0. The van der Waals surface area contributed by atoms with Gasteiger partial charge in [0, 0.05) is 4.88 Å². The van der Waals surface area contributed by atoms with Gasteiger partial charge in [0.1, 0.15) is 0 Å². The van der Waals surface area contributed by atoms with Gasteiger partial charge in [-0.25, -0.2) is 4.98 Å². The van der Waals surface area contributed by atoms with Crippen molar-refractivity contribution in [2.75, 3.05) is 5.32 Å². The summed E-state index contributed by atoms with van der Waals surface area (Å²) in [5.41, 5.74) is 1.05. The monoisotopic (exact) mass is 238 g/mol. The molecular weight excluding hydrogens is 224 g/mol. The number of hydrogen-bond donors (Lipinski definition) is 1. The van der Waals surface area contributed by atoms with Crippen LogP contribution in [0.5, 0.6) is 0 Å². The largest absolute Gasteiger partial charge is 0.330 e. The van der Waals surface area contributed by atoms with E-state index in [1.54, 1.807) is 18.3 Å². The lowest BCUT2D eigenvalue weighted by Gasteiger charge is -2.09. The lowest BCUT2D eigenvalue weighted by Crippen LogP contribution is -2.06. The highest BCUT2D eigenvalue weighted by Crippen LogP contribution is 2.26. The van der Waals surface area contributed by atoms with Crippen LogP contribution >= 0.6 is 11.3 Å². The molecule has 0 bridgehead atoms. The molecule has 0 saturated carbocycles. The second-order valence-corrected chi connectivity index (χ2v) is 4.93. The summed E-state index contributed by atoms with van der Waals surface area (Å²) < 4.78 is 5.02. The highest BCUT2D eigenvalue weighted by atomic mass is 32.1. The molecule has 86 valence electrons. The van der Waals surface area contributed by atoms with Crippen molar-refractivity contribution in [2.24, 2.45) is 0 Å². The Balaban J connectivity index is 2.14. The second-order valence-electron chi connectivity index (χ2n) is 3.70. The Morgan fingerprint density at radius 1 is 1.25 bits per heavy atom. The molecule has 16 heavy (non-hydrogen) atoms. The Kier molecular flexibility index (Phi) is 2.91. The number of nitrogens with zero attached hydrogens (tertiary/aromatic N) is 3. The highest BCUT2D eigenvalue weighted by Gasteiger charge is 2.14. The summed E-state index contributed by atoms with van der Waals surface area (Å²) in [5, 5.41) is 7.97. The van der Waals surface area contributed by atoms with Crippen LogP contribution in [-0.2, 0) is 0 Å². The third-order valence-corrected chi connectivity index (χ3v) is 3.46. The molecule has 0 saturated heterocycles. The molecule has 0 fully saturated rings. The van der Waals surface area contributed by atoms with Crippen LogP contribution in [0.1, 0.15) is 34.4 Å². The molecule has 0 aliphatic heterocycles. The second kappa shape index (κ2) is 4.21. The Bertz CT molecular complexity index is 491. The fourth-order valence-electron chi connectivity index (χ4n) is 1.56. The zero-order valence-electron chi connectivity index (χ0n) is 9.74. The maximum Gasteiger partial charge on any atom is 0.321 e. The predicted molar refractivity (Wildman–Crippen MR) is 62.7 cm³/mol. The summed E-state index contributed by atoms with van der Waals surface area (Å²) in [5.74, 6) is 0.631. The summed E-state index contributed by atoms with van der Waals surface area (Å²) in [6.07, 6.45) is 0. The fraction of sp³-hybridized carbons (Fsp3) is 0.500. The van der Waals surface area contributed by atoms with Crippen LogP contribution in [0.4, 0.5) is 6.01 Å². The molecule has 6 heteroatoms. The number of hydrogen-bond acceptors (Lipinski definition) is 6. The van der Waals surface area contributed by atoms with Gasteiger partial charge < -0.3 is 9.84 Å². The molecule has 2 aromatic rings. The number of thiazole rings is 1. The van der Waals surface area contributed by atoms with Crippen molar-refractivity contribution in [2.45, 2.75) is 33.7 Å². The van der Waals surface area contributed by atoms with E-state index in [2.05, 4.69) is 27.4 Å². The summed E-state index contributed by atoms with van der Waals surface area (Å²) in [4.78, 5) is 9.70. The molecule has 1 unspecified atom stereocenters. The SMILES string of the molecule is Cc1noc(NC(C)c2sc(C)nc2C)n1. The molecule has 0 aromatic carbocycles. The van der Waals surface area contributed by atoms with E-state index in [0.29, 0.717) is 11.8 Å². The van der Waals surface area contributed by atoms with E-state index in [4.69, 9.17) is 4.52 Å². The zero-order valence-corrected chi connectivity index (χ0v) is 10.6. The van der Waals surface area contributed by atoms with E-state index in [-0.39, 0.29) is 6.04 Å². The van der Waals surface area contributed by atoms with Gasteiger partial charge in [-0.3, -0.25) is 0 Å². The number of aromatic nitrogens is 3. The molecule has 0 radical (unpaired) electrons. The lowest BCUT2D eigenvalue weighted by molar-refractivity contribution is 0.423. The van der Waals surface area contributed by atoms with Gasteiger partial charge in [-0.2, -0.15) is 4.98 Å². The minimum Gasteiger partial charge on any atom is -0.330 e. The van der Waals surface area contributed by atoms with E-state index in [0.717, 1.165) is 10.7 Å². The maximum absolute atomic E-state index is 5.02. The molecular formula is C10H14N4OS. The van der Waals surface area contributed by atoms with Crippen molar-refractivity contribution >= 4 is 17.4 Å². The third-order valence-electron chi connectivity index (χ3n) is 2.20. The van der Waals surface area contributed by atoms with Crippen LogP contribution in [0.15, 0.2) is 4.52 Å². The normalized spacial score (nSPS) is 12.8. The van der Waals surface area contributed by atoms with Crippen molar-refractivity contribution < 1.29 is 4.52 Å². The number of anilines is 1. The molecule has 0 aliphatic carbocycles. The minimum atomic E-state index is 0.131. The van der Waals surface area contributed by atoms with E-state index < -0.39 is 0 Å². The molecule has 1 atom stereocenters. The van der Waals surface area contributed by atoms with E-state index >= 15 is 0 Å². The van der Waals surface area contributed by atoms with Crippen LogP contribution in [0.25, 0.3) is 0 Å². The zero-order chi connectivity index (χ0) is 11.7. The quantitative estimate of drug-likeness (QED) is 0.890. The van der Waals surface area contributed by atoms with Gasteiger partial charge in [-0.15, -0.1) is 11.3 Å². The van der Waals surface area contributed by atoms with Crippen molar-refractivity contribution in [3.63, 3.8) is 0 Å². The van der Waals surface area contributed by atoms with Crippen LogP contribution < -0.4 is 5.32 Å². The minimum absolute atomic E-state index is 0.131. The fourth-order valence-corrected chi connectivity index (χ4v) is 2.49. The number of aryl methyl sites for hydroxylation is 3. The van der Waals surface area contributed by atoms with Crippen LogP contribution in [0.2, 0.25) is 0 Å². The van der Waals surface area contributed by atoms with Gasteiger partial charge in [-0.1, -0.05) is 5.16 Å². The van der Waals surface area contributed by atoms with Crippen LogP contribution in [0, 0.1) is 20.8 Å². The molecule has 0 amide bonds. The Morgan fingerprint density at radius 3 is 2.50 bits per heavy atom. The van der Waals surface area contributed by atoms with Crippen LogP contribution in [0.3, 0.4) is 0 Å². The standard InChI is InChI=1S/C10H14N4OS/c1-5-9(16-8(4)11-5)6(2)12-10-13-7(3)14-15-10/h6H,1-4H3,(H,12,13,14). The first-order chi connectivity index (χ1) is 7.56. The van der Waals surface area contributed by atoms with Gasteiger partial charge in [-0.05, 0) is 27.7 Å². The van der Waals surface area contributed by atoms with Crippen molar-refractivity contribution in [3.05, 3.63) is 21.4 Å². The third kappa shape index (κ3) is 2.21. The van der Waals surface area contributed by atoms with E-state index in [1.807, 2.05) is 13.8 Å². The number of nitrogens with one attached hydrogen (secondary N) is 1. The van der Waals surface area contributed by atoms with Crippen molar-refractivity contribution in [3.8, 4) is 0 Å². The van der Waals surface area contributed by atoms with Crippen molar-refractivity contribution in [1.82, 2.24) is 15.1 Å². The Morgan fingerprint density at radius 2 is 2.00 bits per heavy atom. The Hall–Kier alpha value is -1.43. The maximum atomic E-state index is 5.02. The molecule has 0 spiro atoms. The number of rotatable bonds is 3. The summed E-state index contributed by atoms with van der Waals surface area (Å²) in [6, 6.07) is 0.585. The lowest BCUT2D eigenvalue weighted by atomic mass is 10.2. The average molecular weight is 238 g/mol. The topological polar surface area (TPSA) is 63.8 Å². The molecule has 2 heterocycles. The molecule has 0 aliphatic rings. The molecule has 2 rings (SSSR count).